The highest BCUT2D eigenvalue weighted by atomic mass is 32.1. The summed E-state index contributed by atoms with van der Waals surface area (Å²) < 4.78 is 9.32. The van der Waals surface area contributed by atoms with Gasteiger partial charge in [-0.1, -0.05) is 140 Å². The van der Waals surface area contributed by atoms with Crippen LogP contribution in [-0.2, 0) is 0 Å². The first kappa shape index (κ1) is 31.6. The van der Waals surface area contributed by atoms with Gasteiger partial charge in [0.1, 0.15) is 5.58 Å². The molecule has 0 bridgehead atoms. The number of thiophene rings is 1. The van der Waals surface area contributed by atoms with Gasteiger partial charge in [0.25, 0.3) is 0 Å². The van der Waals surface area contributed by atoms with Gasteiger partial charge < -0.3 is 9.32 Å². The third-order valence-corrected chi connectivity index (χ3v) is 12.0. The maximum Gasteiger partial charge on any atom is 0.159 e. The lowest BCUT2D eigenvalue weighted by atomic mass is 9.94. The Labute approximate surface area is 322 Å². The lowest BCUT2D eigenvalue weighted by Crippen LogP contribution is -2.10. The number of para-hydroxylation sites is 2. The molecule has 0 aliphatic rings. The summed E-state index contributed by atoms with van der Waals surface area (Å²) in [4.78, 5) is 2.37. The van der Waals surface area contributed by atoms with Crippen LogP contribution < -0.4 is 4.90 Å². The zero-order valence-corrected chi connectivity index (χ0v) is 30.6. The zero-order chi connectivity index (χ0) is 36.3. The van der Waals surface area contributed by atoms with Crippen LogP contribution >= 0.6 is 11.3 Å². The Bertz CT molecular complexity index is 3210. The molecule has 0 unspecified atom stereocenters. The Morgan fingerprint density at radius 3 is 1.95 bits per heavy atom. The van der Waals surface area contributed by atoms with Crippen molar-refractivity contribution in [1.82, 2.24) is 0 Å². The van der Waals surface area contributed by atoms with Gasteiger partial charge in [0, 0.05) is 42.3 Å². The first-order valence-electron chi connectivity index (χ1n) is 18.7. The van der Waals surface area contributed by atoms with E-state index < -0.39 is 0 Å². The van der Waals surface area contributed by atoms with E-state index in [2.05, 4.69) is 199 Å². The van der Waals surface area contributed by atoms with Gasteiger partial charge in [0.2, 0.25) is 0 Å². The van der Waals surface area contributed by atoms with Gasteiger partial charge in [0.05, 0.1) is 5.69 Å². The van der Waals surface area contributed by atoms with Gasteiger partial charge in [0.15, 0.2) is 5.58 Å². The maximum absolute atomic E-state index is 6.73. The molecule has 55 heavy (non-hydrogen) atoms. The predicted molar refractivity (Wildman–Crippen MR) is 235 cm³/mol. The van der Waals surface area contributed by atoms with Crippen LogP contribution in [0.4, 0.5) is 17.1 Å². The van der Waals surface area contributed by atoms with E-state index >= 15 is 0 Å². The van der Waals surface area contributed by atoms with Crippen molar-refractivity contribution in [3.05, 3.63) is 200 Å². The SMILES string of the molecule is c1ccc(-c2cc(-c3cccc4sc5ccccc5c34)cc(N(c3ccc(-c4ccc5ccccc5c4)cc3)c3cccc4c3oc3ccccc34)c2)cc1. The fraction of sp³-hybridized carbons (Fsp3) is 0. The lowest BCUT2D eigenvalue weighted by molar-refractivity contribution is 0.669. The van der Waals surface area contributed by atoms with Crippen LogP contribution in [0.25, 0.3) is 86.3 Å². The van der Waals surface area contributed by atoms with Gasteiger partial charge in [-0.3, -0.25) is 0 Å². The molecule has 2 aromatic heterocycles. The highest BCUT2D eigenvalue weighted by Gasteiger charge is 2.22. The van der Waals surface area contributed by atoms with E-state index in [0.717, 1.165) is 44.6 Å². The Hall–Kier alpha value is -6.94. The number of furan rings is 1. The first-order chi connectivity index (χ1) is 27.2. The maximum atomic E-state index is 6.73. The van der Waals surface area contributed by atoms with E-state index in [-0.39, 0.29) is 0 Å². The van der Waals surface area contributed by atoms with Crippen LogP contribution in [0.1, 0.15) is 0 Å². The topological polar surface area (TPSA) is 16.4 Å². The molecule has 0 N–H and O–H groups in total. The van der Waals surface area contributed by atoms with E-state index in [4.69, 9.17) is 4.42 Å². The molecule has 2 heterocycles. The minimum Gasteiger partial charge on any atom is -0.454 e. The van der Waals surface area contributed by atoms with E-state index in [1.54, 1.807) is 0 Å². The Kier molecular flexibility index (Phi) is 7.39. The average molecular weight is 720 g/mol. The fourth-order valence-corrected chi connectivity index (χ4v) is 9.35. The van der Waals surface area contributed by atoms with Gasteiger partial charge in [-0.25, -0.2) is 0 Å². The normalized spacial score (nSPS) is 11.6. The van der Waals surface area contributed by atoms with Crippen molar-refractivity contribution in [1.29, 1.82) is 0 Å². The molecule has 9 aromatic carbocycles. The monoisotopic (exact) mass is 719 g/mol. The summed E-state index contributed by atoms with van der Waals surface area (Å²) in [6.45, 7) is 0. The van der Waals surface area contributed by atoms with Gasteiger partial charge in [-0.2, -0.15) is 0 Å². The van der Waals surface area contributed by atoms with Crippen molar-refractivity contribution in [3.63, 3.8) is 0 Å². The van der Waals surface area contributed by atoms with Crippen LogP contribution in [0.15, 0.2) is 205 Å². The van der Waals surface area contributed by atoms with Crippen LogP contribution in [0.2, 0.25) is 0 Å². The second kappa shape index (κ2) is 12.9. The molecule has 0 spiro atoms. The third kappa shape index (κ3) is 5.40. The van der Waals surface area contributed by atoms with Crippen molar-refractivity contribution in [2.24, 2.45) is 0 Å². The summed E-state index contributed by atoms with van der Waals surface area (Å²) in [7, 11) is 0. The molecular formula is C52H33NOS. The molecule has 0 saturated heterocycles. The summed E-state index contributed by atoms with van der Waals surface area (Å²) in [5.74, 6) is 0. The minimum atomic E-state index is 0.861. The number of benzene rings is 9. The van der Waals surface area contributed by atoms with E-state index in [0.29, 0.717) is 0 Å². The summed E-state index contributed by atoms with van der Waals surface area (Å²) in [5.41, 5.74) is 11.9. The van der Waals surface area contributed by atoms with Crippen LogP contribution in [0.3, 0.4) is 0 Å². The van der Waals surface area contributed by atoms with Crippen LogP contribution in [0.5, 0.6) is 0 Å². The minimum absolute atomic E-state index is 0.861. The van der Waals surface area contributed by atoms with E-state index in [9.17, 15) is 0 Å². The van der Waals surface area contributed by atoms with Crippen molar-refractivity contribution in [2.45, 2.75) is 0 Å². The van der Waals surface area contributed by atoms with E-state index in [1.807, 2.05) is 17.4 Å². The smallest absolute Gasteiger partial charge is 0.159 e. The number of hydrogen-bond acceptors (Lipinski definition) is 3. The Morgan fingerprint density at radius 2 is 1.05 bits per heavy atom. The standard InChI is InChI=1S/C52H33NOS/c1-2-12-34(13-3-1)39-31-40(43-18-11-23-50-51(43)46-17-7-9-22-49(46)55-50)33-42(32-39)53(47-20-10-19-45-44-16-6-8-21-48(44)54-52(45)47)41-28-26-36(27-29-41)38-25-24-35-14-4-5-15-37(35)30-38/h1-33H. The van der Waals surface area contributed by atoms with Gasteiger partial charge in [-0.15, -0.1) is 11.3 Å². The van der Waals surface area contributed by atoms with Crippen molar-refractivity contribution >= 4 is 81.3 Å². The lowest BCUT2D eigenvalue weighted by Gasteiger charge is -2.27. The third-order valence-electron chi connectivity index (χ3n) is 10.8. The molecule has 3 heteroatoms. The molecule has 0 fully saturated rings. The Morgan fingerprint density at radius 1 is 0.382 bits per heavy atom. The molecule has 11 rings (SSSR count). The molecule has 258 valence electrons. The summed E-state index contributed by atoms with van der Waals surface area (Å²) in [6.07, 6.45) is 0. The molecule has 0 saturated carbocycles. The summed E-state index contributed by atoms with van der Waals surface area (Å²) in [5, 5.41) is 7.28. The second-order valence-electron chi connectivity index (χ2n) is 14.1. The number of fused-ring (bicyclic) bond motifs is 7. The summed E-state index contributed by atoms with van der Waals surface area (Å²) in [6, 6.07) is 72.3. The van der Waals surface area contributed by atoms with Crippen LogP contribution in [-0.4, -0.2) is 0 Å². The summed E-state index contributed by atoms with van der Waals surface area (Å²) >= 11 is 1.86. The quantitative estimate of drug-likeness (QED) is 0.170. The molecule has 2 nitrogen and oxygen atoms in total. The fourth-order valence-electron chi connectivity index (χ4n) is 8.22. The van der Waals surface area contributed by atoms with Crippen molar-refractivity contribution in [3.8, 4) is 33.4 Å². The van der Waals surface area contributed by atoms with Gasteiger partial charge >= 0.3 is 0 Å². The highest BCUT2D eigenvalue weighted by molar-refractivity contribution is 7.25. The predicted octanol–water partition coefficient (Wildman–Crippen LogP) is 15.6. The van der Waals surface area contributed by atoms with Gasteiger partial charge in [-0.05, 0) is 105 Å². The number of nitrogens with zero attached hydrogens (tertiary/aromatic N) is 1. The largest absolute Gasteiger partial charge is 0.454 e. The molecule has 0 aliphatic carbocycles. The zero-order valence-electron chi connectivity index (χ0n) is 29.8. The number of anilines is 3. The number of rotatable bonds is 6. The Balaban J connectivity index is 1.16. The second-order valence-corrected chi connectivity index (χ2v) is 15.2. The molecule has 0 amide bonds. The molecular weight excluding hydrogens is 687 g/mol. The van der Waals surface area contributed by atoms with Crippen LogP contribution in [0, 0.1) is 0 Å². The van der Waals surface area contributed by atoms with Crippen molar-refractivity contribution < 1.29 is 4.42 Å². The average Bonchev–Trinajstić information content (AvgIpc) is 3.83. The first-order valence-corrected chi connectivity index (χ1v) is 19.5. The number of hydrogen-bond donors (Lipinski definition) is 0. The molecule has 11 aromatic rings. The highest BCUT2D eigenvalue weighted by Crippen LogP contribution is 2.46. The molecule has 0 aliphatic heterocycles. The molecule has 0 radical (unpaired) electrons. The molecule has 0 atom stereocenters. The van der Waals surface area contributed by atoms with E-state index in [1.165, 1.54) is 58.8 Å². The van der Waals surface area contributed by atoms with Crippen molar-refractivity contribution in [2.75, 3.05) is 4.90 Å².